The minimum Gasteiger partial charge on any atom is -0.165 e. The highest BCUT2D eigenvalue weighted by atomic mass is 32.2. The van der Waals surface area contributed by atoms with Crippen LogP contribution >= 0.6 is 25.3 Å². The van der Waals surface area contributed by atoms with Crippen molar-refractivity contribution in [2.45, 2.75) is 51.0 Å². The Hall–Kier alpha value is 0.700. The highest BCUT2D eigenvalue weighted by molar-refractivity contribution is 7.99. The molecule has 2 unspecified atom stereocenters. The number of hydrogen-bond donors (Lipinski definition) is 2. The van der Waals surface area contributed by atoms with Crippen molar-refractivity contribution in [3.63, 3.8) is 0 Å². The number of rotatable bonds is 6. The Morgan fingerprint density at radius 3 is 2.08 bits per heavy atom. The second-order valence-electron chi connectivity index (χ2n) is 3.84. The van der Waals surface area contributed by atoms with Crippen LogP contribution in [0.5, 0.6) is 0 Å². The zero-order valence-corrected chi connectivity index (χ0v) is 10.2. The van der Waals surface area contributed by atoms with Gasteiger partial charge in [0.05, 0.1) is 0 Å². The van der Waals surface area contributed by atoms with E-state index in [1.54, 1.807) is 0 Å². The molecule has 0 aromatic carbocycles. The summed E-state index contributed by atoms with van der Waals surface area (Å²) < 4.78 is 0.252. The summed E-state index contributed by atoms with van der Waals surface area (Å²) in [6.07, 6.45) is 5.25. The fourth-order valence-corrected chi connectivity index (χ4v) is 1.44. The van der Waals surface area contributed by atoms with Crippen LogP contribution in [-0.2, 0) is 0 Å². The molecule has 2 atom stereocenters. The first-order valence-corrected chi connectivity index (χ1v) is 5.97. The summed E-state index contributed by atoms with van der Waals surface area (Å²) in [6, 6.07) is 0. The molecule has 2 heteroatoms. The Morgan fingerprint density at radius 2 is 1.67 bits per heavy atom. The highest BCUT2D eigenvalue weighted by Crippen LogP contribution is 2.21. The topological polar surface area (TPSA) is 0 Å². The van der Waals surface area contributed by atoms with Crippen LogP contribution in [-0.4, -0.2) is 4.58 Å². The fourth-order valence-electron chi connectivity index (χ4n) is 1.14. The van der Waals surface area contributed by atoms with E-state index in [1.807, 2.05) is 0 Å². The molecule has 0 aliphatic heterocycles. The molecular formula is C10H22S2. The molecule has 0 aliphatic rings. The van der Waals surface area contributed by atoms with E-state index < -0.39 is 0 Å². The Labute approximate surface area is 88.3 Å². The van der Waals surface area contributed by atoms with Crippen LogP contribution in [0, 0.1) is 11.8 Å². The smallest absolute Gasteiger partial charge is 0.0467 e. The third kappa shape index (κ3) is 6.24. The van der Waals surface area contributed by atoms with Gasteiger partial charge in [-0.3, -0.25) is 0 Å². The van der Waals surface area contributed by atoms with Crippen LogP contribution < -0.4 is 0 Å². The van der Waals surface area contributed by atoms with Gasteiger partial charge in [0.2, 0.25) is 0 Å². The second-order valence-corrected chi connectivity index (χ2v) is 5.36. The normalized spacial score (nSPS) is 16.5. The van der Waals surface area contributed by atoms with Gasteiger partial charge < -0.3 is 0 Å². The van der Waals surface area contributed by atoms with E-state index in [2.05, 4.69) is 46.0 Å². The molecule has 0 saturated heterocycles. The zero-order chi connectivity index (χ0) is 9.56. The van der Waals surface area contributed by atoms with Crippen molar-refractivity contribution in [2.24, 2.45) is 11.8 Å². The lowest BCUT2D eigenvalue weighted by atomic mass is 9.98. The van der Waals surface area contributed by atoms with E-state index in [9.17, 15) is 0 Å². The molecule has 0 rings (SSSR count). The summed E-state index contributed by atoms with van der Waals surface area (Å²) in [5.41, 5.74) is 0. The first-order valence-electron chi connectivity index (χ1n) is 4.94. The predicted molar refractivity (Wildman–Crippen MR) is 64.2 cm³/mol. The SMILES string of the molecule is CCC(C)CCCC(C)C(S)S. The summed E-state index contributed by atoms with van der Waals surface area (Å²) in [5.74, 6) is 1.52. The van der Waals surface area contributed by atoms with E-state index in [4.69, 9.17) is 0 Å². The third-order valence-corrected chi connectivity index (χ3v) is 3.58. The molecule has 0 aromatic heterocycles. The van der Waals surface area contributed by atoms with Crippen molar-refractivity contribution in [2.75, 3.05) is 0 Å². The van der Waals surface area contributed by atoms with Gasteiger partial charge >= 0.3 is 0 Å². The van der Waals surface area contributed by atoms with Gasteiger partial charge in [0.15, 0.2) is 0 Å². The highest BCUT2D eigenvalue weighted by Gasteiger charge is 2.08. The van der Waals surface area contributed by atoms with Gasteiger partial charge in [-0.25, -0.2) is 0 Å². The predicted octanol–water partition coefficient (Wildman–Crippen LogP) is 4.02. The van der Waals surface area contributed by atoms with Crippen molar-refractivity contribution >= 4 is 25.3 Å². The molecule has 0 bridgehead atoms. The minimum atomic E-state index is 0.252. The summed E-state index contributed by atoms with van der Waals surface area (Å²) >= 11 is 8.61. The molecule has 0 N–H and O–H groups in total. The molecule has 0 nitrogen and oxygen atoms in total. The maximum absolute atomic E-state index is 4.30. The Bertz CT molecular complexity index is 102. The van der Waals surface area contributed by atoms with Gasteiger partial charge in [-0.05, 0) is 18.3 Å². The molecule has 0 radical (unpaired) electrons. The molecule has 0 aromatic rings. The summed E-state index contributed by atoms with van der Waals surface area (Å²) in [6.45, 7) is 6.80. The maximum Gasteiger partial charge on any atom is 0.0467 e. The Morgan fingerprint density at radius 1 is 1.08 bits per heavy atom. The molecule has 0 saturated carbocycles. The van der Waals surface area contributed by atoms with Gasteiger partial charge in [0.25, 0.3) is 0 Å². The van der Waals surface area contributed by atoms with Gasteiger partial charge in [0, 0.05) is 4.58 Å². The Kier molecular flexibility index (Phi) is 7.55. The van der Waals surface area contributed by atoms with Crippen molar-refractivity contribution in [1.82, 2.24) is 0 Å². The molecule has 0 heterocycles. The number of thiol groups is 2. The summed E-state index contributed by atoms with van der Waals surface area (Å²) in [4.78, 5) is 0. The number of hydrogen-bond acceptors (Lipinski definition) is 2. The third-order valence-electron chi connectivity index (χ3n) is 2.56. The first kappa shape index (κ1) is 12.7. The minimum absolute atomic E-state index is 0.252. The van der Waals surface area contributed by atoms with E-state index in [0.29, 0.717) is 5.92 Å². The van der Waals surface area contributed by atoms with Crippen molar-refractivity contribution in [3.05, 3.63) is 0 Å². The van der Waals surface area contributed by atoms with Crippen LogP contribution in [0.3, 0.4) is 0 Å². The van der Waals surface area contributed by atoms with E-state index >= 15 is 0 Å². The largest absolute Gasteiger partial charge is 0.165 e. The van der Waals surface area contributed by atoms with Gasteiger partial charge in [0.1, 0.15) is 0 Å². The Balaban J connectivity index is 3.30. The molecule has 74 valence electrons. The van der Waals surface area contributed by atoms with E-state index in [1.165, 1.54) is 25.7 Å². The summed E-state index contributed by atoms with van der Waals surface area (Å²) in [5, 5.41) is 0. The van der Waals surface area contributed by atoms with Crippen molar-refractivity contribution in [1.29, 1.82) is 0 Å². The van der Waals surface area contributed by atoms with Crippen LogP contribution in [0.4, 0.5) is 0 Å². The fraction of sp³-hybridized carbons (Fsp3) is 1.00. The molecule has 0 spiro atoms. The molecular weight excluding hydrogens is 184 g/mol. The average molecular weight is 206 g/mol. The van der Waals surface area contributed by atoms with Crippen molar-refractivity contribution in [3.8, 4) is 0 Å². The van der Waals surface area contributed by atoms with Gasteiger partial charge in [-0.2, -0.15) is 25.3 Å². The monoisotopic (exact) mass is 206 g/mol. The summed E-state index contributed by atoms with van der Waals surface area (Å²) in [7, 11) is 0. The first-order chi connectivity index (χ1) is 5.57. The molecule has 0 amide bonds. The van der Waals surface area contributed by atoms with Crippen LogP contribution in [0.2, 0.25) is 0 Å². The second kappa shape index (κ2) is 7.14. The van der Waals surface area contributed by atoms with E-state index in [0.717, 1.165) is 5.92 Å². The average Bonchev–Trinajstić information content (AvgIpc) is 2.03. The zero-order valence-electron chi connectivity index (χ0n) is 8.45. The van der Waals surface area contributed by atoms with Crippen LogP contribution in [0.1, 0.15) is 46.5 Å². The van der Waals surface area contributed by atoms with Crippen molar-refractivity contribution < 1.29 is 0 Å². The standard InChI is InChI=1S/C10H22S2/c1-4-8(2)6-5-7-9(3)10(11)12/h8-12H,4-7H2,1-3H3. The van der Waals surface area contributed by atoms with Gasteiger partial charge in [-0.1, -0.05) is 40.0 Å². The molecule has 0 fully saturated rings. The van der Waals surface area contributed by atoms with Crippen LogP contribution in [0.25, 0.3) is 0 Å². The van der Waals surface area contributed by atoms with Gasteiger partial charge in [-0.15, -0.1) is 0 Å². The molecule has 12 heavy (non-hydrogen) atoms. The lowest BCUT2D eigenvalue weighted by molar-refractivity contribution is 0.447. The quantitative estimate of drug-likeness (QED) is 0.476. The lowest BCUT2D eigenvalue weighted by Gasteiger charge is -2.15. The maximum atomic E-state index is 4.30. The van der Waals surface area contributed by atoms with Crippen LogP contribution in [0.15, 0.2) is 0 Å². The lowest BCUT2D eigenvalue weighted by Crippen LogP contribution is -2.05. The molecule has 0 aliphatic carbocycles. The van der Waals surface area contributed by atoms with E-state index in [-0.39, 0.29) is 4.58 Å².